The second kappa shape index (κ2) is 5.97. The van der Waals surface area contributed by atoms with Crippen molar-refractivity contribution in [2.24, 2.45) is 5.10 Å². The highest BCUT2D eigenvalue weighted by Crippen LogP contribution is 2.48. The number of hydrogen-bond acceptors (Lipinski definition) is 5. The zero-order valence-corrected chi connectivity index (χ0v) is 15.6. The van der Waals surface area contributed by atoms with E-state index in [1.165, 1.54) is 10.4 Å². The lowest BCUT2D eigenvalue weighted by Gasteiger charge is -2.38. The fourth-order valence-corrected chi connectivity index (χ4v) is 4.50. The van der Waals surface area contributed by atoms with Crippen LogP contribution in [0.1, 0.15) is 34.7 Å². The summed E-state index contributed by atoms with van der Waals surface area (Å²) in [5.41, 5.74) is 3.36. The maximum atomic E-state index is 6.33. The number of halogens is 1. The Balaban J connectivity index is 1.62. The van der Waals surface area contributed by atoms with Crippen LogP contribution in [0.3, 0.4) is 0 Å². The van der Waals surface area contributed by atoms with Crippen molar-refractivity contribution in [3.05, 3.63) is 80.7 Å². The van der Waals surface area contributed by atoms with Gasteiger partial charge in [0.25, 0.3) is 0 Å². The largest absolute Gasteiger partial charge is 0.464 e. The molecule has 2 aliphatic rings. The van der Waals surface area contributed by atoms with Crippen LogP contribution in [0.5, 0.6) is 5.75 Å². The van der Waals surface area contributed by atoms with Gasteiger partial charge in [-0.3, -0.25) is 4.98 Å². The van der Waals surface area contributed by atoms with Gasteiger partial charge in [-0.05, 0) is 41.8 Å². The Labute approximate surface area is 157 Å². The summed E-state index contributed by atoms with van der Waals surface area (Å²) in [5.74, 6) is 0.925. The molecule has 1 aromatic carbocycles. The van der Waals surface area contributed by atoms with Gasteiger partial charge in [0.2, 0.25) is 6.23 Å². The summed E-state index contributed by atoms with van der Waals surface area (Å²) in [6.07, 6.45) is 4.24. The zero-order valence-electron chi connectivity index (χ0n) is 13.2. The van der Waals surface area contributed by atoms with Crippen molar-refractivity contribution >= 4 is 33.0 Å². The monoisotopic (exact) mass is 411 g/mol. The molecule has 4 heterocycles. The molecule has 0 radical (unpaired) electrons. The Kier molecular flexibility index (Phi) is 3.60. The number of fused-ring (bicyclic) bond motifs is 3. The molecule has 124 valence electrons. The standard InChI is InChI=1S/C19H14BrN3OS/c20-13-3-4-17-14(10-13)16-11-15(18-2-1-9-25-18)22-23(16)19(24-17)12-5-7-21-8-6-12/h1-10,16,19H,11H2/t16-,19+/m0/s1. The number of ether oxygens (including phenoxy) is 1. The summed E-state index contributed by atoms with van der Waals surface area (Å²) in [7, 11) is 0. The average molecular weight is 412 g/mol. The molecule has 0 fully saturated rings. The van der Waals surface area contributed by atoms with Crippen molar-refractivity contribution in [1.82, 2.24) is 9.99 Å². The molecule has 0 unspecified atom stereocenters. The van der Waals surface area contributed by atoms with Crippen LogP contribution < -0.4 is 4.74 Å². The van der Waals surface area contributed by atoms with E-state index in [9.17, 15) is 0 Å². The van der Waals surface area contributed by atoms with Crippen molar-refractivity contribution in [3.8, 4) is 5.75 Å². The van der Waals surface area contributed by atoms with Gasteiger partial charge in [-0.15, -0.1) is 11.3 Å². The van der Waals surface area contributed by atoms with Gasteiger partial charge >= 0.3 is 0 Å². The number of rotatable bonds is 2. The van der Waals surface area contributed by atoms with Crippen LogP contribution in [0.25, 0.3) is 0 Å². The predicted octanol–water partition coefficient (Wildman–Crippen LogP) is 5.15. The summed E-state index contributed by atoms with van der Waals surface area (Å²) >= 11 is 5.31. The van der Waals surface area contributed by atoms with Crippen LogP contribution in [-0.4, -0.2) is 15.7 Å². The number of hydrogen-bond donors (Lipinski definition) is 0. The number of pyridine rings is 1. The quantitative estimate of drug-likeness (QED) is 0.585. The number of thiophene rings is 1. The van der Waals surface area contributed by atoms with Gasteiger partial charge in [0, 0.05) is 34.4 Å². The van der Waals surface area contributed by atoms with Gasteiger partial charge in [-0.1, -0.05) is 22.0 Å². The topological polar surface area (TPSA) is 37.7 Å². The highest BCUT2D eigenvalue weighted by molar-refractivity contribution is 9.10. The van der Waals surface area contributed by atoms with Crippen molar-refractivity contribution < 1.29 is 4.74 Å². The van der Waals surface area contributed by atoms with Gasteiger partial charge in [0.15, 0.2) is 0 Å². The third-order valence-corrected chi connectivity index (χ3v) is 5.96. The molecule has 0 aliphatic carbocycles. The van der Waals surface area contributed by atoms with E-state index in [1.54, 1.807) is 23.7 Å². The van der Waals surface area contributed by atoms with E-state index in [-0.39, 0.29) is 12.3 Å². The van der Waals surface area contributed by atoms with E-state index >= 15 is 0 Å². The first-order chi connectivity index (χ1) is 12.3. The van der Waals surface area contributed by atoms with Crippen molar-refractivity contribution in [1.29, 1.82) is 0 Å². The highest BCUT2D eigenvalue weighted by Gasteiger charge is 2.41. The fourth-order valence-electron chi connectivity index (χ4n) is 3.40. The lowest BCUT2D eigenvalue weighted by molar-refractivity contribution is -0.0191. The third kappa shape index (κ3) is 2.56. The van der Waals surface area contributed by atoms with Crippen molar-refractivity contribution in [2.75, 3.05) is 0 Å². The molecule has 2 atom stereocenters. The second-order valence-electron chi connectivity index (χ2n) is 6.06. The van der Waals surface area contributed by atoms with E-state index in [0.717, 1.165) is 27.9 Å². The lowest BCUT2D eigenvalue weighted by atomic mass is 9.98. The minimum atomic E-state index is -0.237. The molecule has 6 heteroatoms. The Morgan fingerprint density at radius 2 is 2.04 bits per heavy atom. The minimum absolute atomic E-state index is 0.177. The third-order valence-electron chi connectivity index (χ3n) is 4.55. The number of hydrazone groups is 1. The van der Waals surface area contributed by atoms with Crippen LogP contribution in [0.4, 0.5) is 0 Å². The Hall–Kier alpha value is -2.18. The minimum Gasteiger partial charge on any atom is -0.464 e. The van der Waals surface area contributed by atoms with Crippen molar-refractivity contribution in [2.45, 2.75) is 18.7 Å². The molecule has 0 N–H and O–H groups in total. The summed E-state index contributed by atoms with van der Waals surface area (Å²) in [6, 6.07) is 14.6. The molecule has 3 aromatic rings. The number of nitrogens with zero attached hydrogens (tertiary/aromatic N) is 3. The molecule has 0 saturated heterocycles. The molecule has 5 rings (SSSR count). The van der Waals surface area contributed by atoms with Gasteiger partial charge < -0.3 is 4.74 Å². The second-order valence-corrected chi connectivity index (χ2v) is 7.92. The molecule has 25 heavy (non-hydrogen) atoms. The van der Waals surface area contributed by atoms with Gasteiger partial charge in [0.05, 0.1) is 16.6 Å². The van der Waals surface area contributed by atoms with Crippen LogP contribution in [0.2, 0.25) is 0 Å². The smallest absolute Gasteiger partial charge is 0.213 e. The van der Waals surface area contributed by atoms with Gasteiger partial charge in [-0.2, -0.15) is 5.10 Å². The van der Waals surface area contributed by atoms with E-state index < -0.39 is 0 Å². The molecular formula is C19H14BrN3OS. The zero-order chi connectivity index (χ0) is 16.8. The molecule has 4 nitrogen and oxygen atoms in total. The first-order valence-corrected chi connectivity index (χ1v) is 9.72. The summed E-state index contributed by atoms with van der Waals surface area (Å²) in [6.45, 7) is 0. The summed E-state index contributed by atoms with van der Waals surface area (Å²) < 4.78 is 7.38. The Morgan fingerprint density at radius 1 is 1.16 bits per heavy atom. The van der Waals surface area contributed by atoms with Crippen LogP contribution >= 0.6 is 27.3 Å². The Bertz CT molecular complexity index is 943. The predicted molar refractivity (Wildman–Crippen MR) is 102 cm³/mol. The van der Waals surface area contributed by atoms with Gasteiger partial charge in [-0.25, -0.2) is 5.01 Å². The van der Waals surface area contributed by atoms with Crippen LogP contribution in [0.15, 0.2) is 69.8 Å². The summed E-state index contributed by atoms with van der Waals surface area (Å²) in [5, 5.41) is 9.13. The van der Waals surface area contributed by atoms with Crippen LogP contribution in [-0.2, 0) is 0 Å². The first kappa shape index (κ1) is 15.1. The fraction of sp³-hybridized carbons (Fsp3) is 0.158. The van der Waals surface area contributed by atoms with Gasteiger partial charge in [0.1, 0.15) is 5.75 Å². The maximum absolute atomic E-state index is 6.33. The molecule has 0 saturated carbocycles. The van der Waals surface area contributed by atoms with Crippen LogP contribution in [0, 0.1) is 0 Å². The lowest BCUT2D eigenvalue weighted by Crippen LogP contribution is -2.33. The SMILES string of the molecule is Brc1ccc2c(c1)[C@@H]1CC(c3cccs3)=NN1[C@@H](c1ccncc1)O2. The molecule has 0 bridgehead atoms. The van der Waals surface area contributed by atoms with E-state index in [4.69, 9.17) is 9.84 Å². The van der Waals surface area contributed by atoms with E-state index in [2.05, 4.69) is 49.5 Å². The number of aromatic nitrogens is 1. The molecule has 0 spiro atoms. The maximum Gasteiger partial charge on any atom is 0.213 e. The van der Waals surface area contributed by atoms with E-state index in [1.807, 2.05) is 24.3 Å². The molecule has 2 aliphatic heterocycles. The first-order valence-electron chi connectivity index (χ1n) is 8.05. The van der Waals surface area contributed by atoms with E-state index in [0.29, 0.717) is 0 Å². The Morgan fingerprint density at radius 3 is 2.84 bits per heavy atom. The average Bonchev–Trinajstić information content (AvgIpc) is 3.31. The number of benzene rings is 1. The normalized spacial score (nSPS) is 21.3. The highest BCUT2D eigenvalue weighted by atomic mass is 79.9. The molecule has 0 amide bonds. The molecular weight excluding hydrogens is 398 g/mol. The van der Waals surface area contributed by atoms with Crippen molar-refractivity contribution in [3.63, 3.8) is 0 Å². The summed E-state index contributed by atoms with van der Waals surface area (Å²) in [4.78, 5) is 5.34. The molecule has 2 aromatic heterocycles.